The van der Waals surface area contributed by atoms with E-state index < -0.39 is 0 Å². The highest BCUT2D eigenvalue weighted by atomic mass is 35.5. The first-order valence-electron chi connectivity index (χ1n) is 5.80. The third kappa shape index (κ3) is 3.12. The lowest BCUT2D eigenvalue weighted by Gasteiger charge is -2.17. The molecule has 2 nitrogen and oxygen atoms in total. The van der Waals surface area contributed by atoms with E-state index in [2.05, 4.69) is 5.32 Å². The molecule has 0 aliphatic heterocycles. The molecular weight excluding hydrogens is 266 g/mol. The number of amides is 1. The van der Waals surface area contributed by atoms with Crippen molar-refractivity contribution in [1.82, 2.24) is 5.32 Å². The molecule has 1 unspecified atom stereocenters. The van der Waals surface area contributed by atoms with Crippen molar-refractivity contribution in [2.24, 2.45) is 0 Å². The summed E-state index contributed by atoms with van der Waals surface area (Å²) in [6, 6.07) is 11.3. The summed E-state index contributed by atoms with van der Waals surface area (Å²) in [5.41, 5.74) is 1.08. The predicted molar refractivity (Wildman–Crippen MR) is 76.3 cm³/mol. The van der Waals surface area contributed by atoms with Crippen LogP contribution in [0.3, 0.4) is 0 Å². The van der Waals surface area contributed by atoms with Crippen molar-refractivity contribution in [2.45, 2.75) is 19.4 Å². The maximum atomic E-state index is 12.0. The standard InChI is InChI=1S/C14H14ClNOS/c1-2-12(10-5-7-11(15)8-6-10)16-14(17)13-4-3-9-18-13/h3-9,12H,2H2,1H3,(H,16,17). The number of nitrogens with one attached hydrogen (secondary N) is 1. The van der Waals surface area contributed by atoms with Gasteiger partial charge in [-0.1, -0.05) is 36.7 Å². The Morgan fingerprint density at radius 2 is 2.06 bits per heavy atom. The van der Waals surface area contributed by atoms with Crippen LogP contribution in [0.2, 0.25) is 5.02 Å². The molecule has 18 heavy (non-hydrogen) atoms. The van der Waals surface area contributed by atoms with Crippen molar-refractivity contribution in [1.29, 1.82) is 0 Å². The number of halogens is 1. The van der Waals surface area contributed by atoms with Gasteiger partial charge >= 0.3 is 0 Å². The first kappa shape index (κ1) is 13.1. The molecule has 2 rings (SSSR count). The van der Waals surface area contributed by atoms with Crippen LogP contribution in [-0.4, -0.2) is 5.91 Å². The molecule has 1 aromatic heterocycles. The van der Waals surface area contributed by atoms with Gasteiger partial charge in [-0.15, -0.1) is 11.3 Å². The zero-order chi connectivity index (χ0) is 13.0. The molecule has 0 fully saturated rings. The minimum Gasteiger partial charge on any atom is -0.345 e. The third-order valence-corrected chi connectivity index (χ3v) is 3.85. The van der Waals surface area contributed by atoms with Gasteiger partial charge in [0.2, 0.25) is 0 Å². The minimum absolute atomic E-state index is 0.0215. The molecule has 0 saturated carbocycles. The van der Waals surface area contributed by atoms with Gasteiger partial charge in [0.1, 0.15) is 0 Å². The number of benzene rings is 1. The van der Waals surface area contributed by atoms with E-state index in [4.69, 9.17) is 11.6 Å². The van der Waals surface area contributed by atoms with Crippen LogP contribution in [0.25, 0.3) is 0 Å². The van der Waals surface area contributed by atoms with Crippen molar-refractivity contribution in [3.05, 3.63) is 57.2 Å². The van der Waals surface area contributed by atoms with Crippen LogP contribution in [0, 0.1) is 0 Å². The van der Waals surface area contributed by atoms with Gasteiger partial charge in [0.25, 0.3) is 5.91 Å². The number of thiophene rings is 1. The third-order valence-electron chi connectivity index (χ3n) is 2.73. The Morgan fingerprint density at radius 1 is 1.33 bits per heavy atom. The first-order valence-corrected chi connectivity index (χ1v) is 7.06. The second-order valence-corrected chi connectivity index (χ2v) is 5.35. The molecule has 94 valence electrons. The highest BCUT2D eigenvalue weighted by molar-refractivity contribution is 7.12. The Morgan fingerprint density at radius 3 is 2.61 bits per heavy atom. The van der Waals surface area contributed by atoms with Gasteiger partial charge in [-0.25, -0.2) is 0 Å². The summed E-state index contributed by atoms with van der Waals surface area (Å²) in [5.74, 6) is -0.0215. The smallest absolute Gasteiger partial charge is 0.261 e. The highest BCUT2D eigenvalue weighted by Gasteiger charge is 2.14. The number of carbonyl (C=O) groups excluding carboxylic acids is 1. The van der Waals surface area contributed by atoms with Crippen molar-refractivity contribution < 1.29 is 4.79 Å². The number of hydrogen-bond donors (Lipinski definition) is 1. The first-order chi connectivity index (χ1) is 8.70. The Hall–Kier alpha value is -1.32. The van der Waals surface area contributed by atoms with Crippen LogP contribution in [0.1, 0.15) is 34.6 Å². The molecule has 2 aromatic rings. The molecule has 0 radical (unpaired) electrons. The zero-order valence-electron chi connectivity index (χ0n) is 10.0. The van der Waals surface area contributed by atoms with Crippen molar-refractivity contribution >= 4 is 28.8 Å². The maximum absolute atomic E-state index is 12.0. The minimum atomic E-state index is -0.0215. The molecule has 1 amide bonds. The van der Waals surface area contributed by atoms with Crippen molar-refractivity contribution in [3.63, 3.8) is 0 Å². The molecule has 0 aliphatic carbocycles. The van der Waals surface area contributed by atoms with E-state index in [1.54, 1.807) is 0 Å². The van der Waals surface area contributed by atoms with E-state index in [1.165, 1.54) is 11.3 Å². The predicted octanol–water partition coefficient (Wildman–Crippen LogP) is 4.28. The molecule has 0 aliphatic rings. The van der Waals surface area contributed by atoms with Gasteiger partial charge in [-0.2, -0.15) is 0 Å². The largest absolute Gasteiger partial charge is 0.345 e. The normalized spacial score (nSPS) is 12.1. The van der Waals surface area contributed by atoms with Crippen molar-refractivity contribution in [3.8, 4) is 0 Å². The summed E-state index contributed by atoms with van der Waals surface area (Å²) in [6.45, 7) is 2.05. The summed E-state index contributed by atoms with van der Waals surface area (Å²) in [5, 5.41) is 5.64. The summed E-state index contributed by atoms with van der Waals surface area (Å²) in [7, 11) is 0. The highest BCUT2D eigenvalue weighted by Crippen LogP contribution is 2.20. The van der Waals surface area contributed by atoms with E-state index in [9.17, 15) is 4.79 Å². The topological polar surface area (TPSA) is 29.1 Å². The lowest BCUT2D eigenvalue weighted by atomic mass is 10.0. The quantitative estimate of drug-likeness (QED) is 0.889. The summed E-state index contributed by atoms with van der Waals surface area (Å²) < 4.78 is 0. The fourth-order valence-electron chi connectivity index (χ4n) is 1.75. The lowest BCUT2D eigenvalue weighted by molar-refractivity contribution is 0.0939. The summed E-state index contributed by atoms with van der Waals surface area (Å²) in [4.78, 5) is 12.7. The number of carbonyl (C=O) groups is 1. The second-order valence-electron chi connectivity index (χ2n) is 3.96. The van der Waals surface area contributed by atoms with Crippen LogP contribution in [-0.2, 0) is 0 Å². The molecular formula is C14H14ClNOS. The van der Waals surface area contributed by atoms with Gasteiger partial charge in [-0.3, -0.25) is 4.79 Å². The number of hydrogen-bond acceptors (Lipinski definition) is 2. The Kier molecular flexibility index (Phi) is 4.39. The molecule has 1 N–H and O–H groups in total. The monoisotopic (exact) mass is 279 g/mol. The van der Waals surface area contributed by atoms with E-state index >= 15 is 0 Å². The molecule has 0 bridgehead atoms. The average molecular weight is 280 g/mol. The molecule has 0 saturated heterocycles. The van der Waals surface area contributed by atoms with Crippen LogP contribution >= 0.6 is 22.9 Å². The molecule has 1 aromatic carbocycles. The maximum Gasteiger partial charge on any atom is 0.261 e. The van der Waals surface area contributed by atoms with Crippen LogP contribution in [0.5, 0.6) is 0 Å². The second kappa shape index (κ2) is 6.03. The lowest BCUT2D eigenvalue weighted by Crippen LogP contribution is -2.27. The molecule has 1 heterocycles. The summed E-state index contributed by atoms with van der Waals surface area (Å²) >= 11 is 7.31. The van der Waals surface area contributed by atoms with Crippen LogP contribution in [0.4, 0.5) is 0 Å². The SMILES string of the molecule is CCC(NC(=O)c1cccs1)c1ccc(Cl)cc1. The fraction of sp³-hybridized carbons (Fsp3) is 0.214. The van der Waals surface area contributed by atoms with Crippen LogP contribution < -0.4 is 5.32 Å². The van der Waals surface area contributed by atoms with Gasteiger partial charge < -0.3 is 5.32 Å². The van der Waals surface area contributed by atoms with Gasteiger partial charge in [0, 0.05) is 5.02 Å². The van der Waals surface area contributed by atoms with E-state index in [-0.39, 0.29) is 11.9 Å². The molecule has 4 heteroatoms. The van der Waals surface area contributed by atoms with E-state index in [0.717, 1.165) is 16.9 Å². The summed E-state index contributed by atoms with van der Waals surface area (Å²) in [6.07, 6.45) is 0.846. The number of rotatable bonds is 4. The molecule has 1 atom stereocenters. The molecule has 0 spiro atoms. The van der Waals surface area contributed by atoms with Gasteiger partial charge in [0.15, 0.2) is 0 Å². The van der Waals surface area contributed by atoms with E-state index in [0.29, 0.717) is 5.02 Å². The zero-order valence-corrected chi connectivity index (χ0v) is 11.6. The van der Waals surface area contributed by atoms with Gasteiger partial charge in [0.05, 0.1) is 10.9 Å². The van der Waals surface area contributed by atoms with E-state index in [1.807, 2.05) is 48.7 Å². The average Bonchev–Trinajstić information content (AvgIpc) is 2.91. The Labute approximate surface area is 116 Å². The van der Waals surface area contributed by atoms with Crippen LogP contribution in [0.15, 0.2) is 41.8 Å². The fourth-order valence-corrected chi connectivity index (χ4v) is 2.51. The van der Waals surface area contributed by atoms with Gasteiger partial charge in [-0.05, 0) is 35.6 Å². The van der Waals surface area contributed by atoms with Crippen molar-refractivity contribution in [2.75, 3.05) is 0 Å². The Balaban J connectivity index is 2.10. The Bertz CT molecular complexity index is 507.